The smallest absolute Gasteiger partial charge is 0.136 e. The normalized spacial score (nSPS) is 11.8. The van der Waals surface area contributed by atoms with Gasteiger partial charge < -0.3 is 9.32 Å². The summed E-state index contributed by atoms with van der Waals surface area (Å²) in [5, 5.41) is 10.6. The molecule has 0 amide bonds. The van der Waals surface area contributed by atoms with Gasteiger partial charge in [0, 0.05) is 33.1 Å². The van der Waals surface area contributed by atoms with Gasteiger partial charge in [-0.3, -0.25) is 0 Å². The van der Waals surface area contributed by atoms with Crippen molar-refractivity contribution in [2.75, 3.05) is 4.90 Å². The molecule has 0 radical (unpaired) electrons. The maximum Gasteiger partial charge on any atom is 0.136 e. The molecule has 53 heavy (non-hydrogen) atoms. The Morgan fingerprint density at radius 1 is 0.453 bits per heavy atom. The molecule has 0 N–H and O–H groups in total. The molecule has 0 saturated heterocycles. The maximum absolute atomic E-state index is 6.24. The number of hydrogen-bond acceptors (Lipinski definition) is 4. The van der Waals surface area contributed by atoms with E-state index in [4.69, 9.17) is 9.40 Å². The molecule has 2 heterocycles. The van der Waals surface area contributed by atoms with Crippen molar-refractivity contribution >= 4 is 92.9 Å². The molecule has 0 aliphatic rings. The number of nitrogens with zero attached hydrogens (tertiary/aromatic N) is 2. The van der Waals surface area contributed by atoms with Crippen LogP contribution >= 0.6 is 11.3 Å². The fourth-order valence-electron chi connectivity index (χ4n) is 7.96. The lowest BCUT2D eigenvalue weighted by Gasteiger charge is -2.26. The summed E-state index contributed by atoms with van der Waals surface area (Å²) in [7, 11) is 0. The van der Waals surface area contributed by atoms with E-state index in [0.717, 1.165) is 66.2 Å². The molecule has 4 heteroatoms. The first-order valence-corrected chi connectivity index (χ1v) is 18.7. The SMILES string of the molecule is c1ccc(N(c2ccc(-c3cccc4oc5ccccc5c34)cc2)c2cc3c4ccccc4ccc3c3sc(-c4ccc5ccccc5c4)nc23)cc1. The molecule has 0 unspecified atom stereocenters. The second kappa shape index (κ2) is 11.9. The number of furan rings is 1. The van der Waals surface area contributed by atoms with Crippen LogP contribution in [0.15, 0.2) is 186 Å². The Bertz CT molecular complexity index is 3180. The molecule has 248 valence electrons. The van der Waals surface area contributed by atoms with Gasteiger partial charge in [0.15, 0.2) is 0 Å². The average molecular weight is 695 g/mol. The average Bonchev–Trinajstić information content (AvgIpc) is 3.85. The van der Waals surface area contributed by atoms with Crippen molar-refractivity contribution in [1.29, 1.82) is 0 Å². The number of aromatic nitrogens is 1. The first-order valence-electron chi connectivity index (χ1n) is 17.9. The summed E-state index contributed by atoms with van der Waals surface area (Å²) in [5.41, 5.74) is 9.40. The molecule has 0 atom stereocenters. The summed E-state index contributed by atoms with van der Waals surface area (Å²) in [6.07, 6.45) is 0. The van der Waals surface area contributed by atoms with Crippen molar-refractivity contribution in [1.82, 2.24) is 4.98 Å². The van der Waals surface area contributed by atoms with Crippen molar-refractivity contribution < 1.29 is 4.42 Å². The van der Waals surface area contributed by atoms with Crippen molar-refractivity contribution in [3.8, 4) is 21.7 Å². The first kappa shape index (κ1) is 29.9. The molecule has 11 aromatic rings. The molecule has 0 fully saturated rings. The monoisotopic (exact) mass is 694 g/mol. The van der Waals surface area contributed by atoms with E-state index in [1.807, 2.05) is 12.1 Å². The number of rotatable bonds is 5. The van der Waals surface area contributed by atoms with Crippen molar-refractivity contribution in [2.24, 2.45) is 0 Å². The Kier molecular flexibility index (Phi) is 6.73. The van der Waals surface area contributed by atoms with Crippen LogP contribution in [-0.4, -0.2) is 4.98 Å². The van der Waals surface area contributed by atoms with E-state index in [1.165, 1.54) is 37.0 Å². The van der Waals surface area contributed by atoms with Crippen LogP contribution in [-0.2, 0) is 0 Å². The maximum atomic E-state index is 6.24. The van der Waals surface area contributed by atoms with Crippen molar-refractivity contribution in [3.63, 3.8) is 0 Å². The standard InChI is InChI=1S/C49H30N2OS/c1-2-14-36(15-3-1)51(37-26-23-33(24-27-37)39-18-10-20-45-46(39)41-17-8-9-19-44(41)52-45)43-30-42-38-16-7-6-12-32(38)25-28-40(42)48-47(43)50-49(53-48)35-22-21-31-11-4-5-13-34(31)29-35/h1-30H. The zero-order valence-corrected chi connectivity index (χ0v) is 29.3. The lowest BCUT2D eigenvalue weighted by atomic mass is 9.98. The lowest BCUT2D eigenvalue weighted by molar-refractivity contribution is 0.669. The molecule has 9 aromatic carbocycles. The third-order valence-electron chi connectivity index (χ3n) is 10.5. The number of thiazole rings is 1. The predicted molar refractivity (Wildman–Crippen MR) is 225 cm³/mol. The molecule has 0 aliphatic heterocycles. The molecule has 2 aromatic heterocycles. The number of para-hydroxylation sites is 2. The number of benzene rings is 9. The van der Waals surface area contributed by atoms with Crippen LogP contribution in [0, 0.1) is 0 Å². The minimum absolute atomic E-state index is 0.898. The van der Waals surface area contributed by atoms with Crippen LogP contribution in [0.4, 0.5) is 17.1 Å². The highest BCUT2D eigenvalue weighted by Gasteiger charge is 2.22. The Labute approximate surface area is 309 Å². The van der Waals surface area contributed by atoms with Crippen LogP contribution < -0.4 is 4.90 Å². The van der Waals surface area contributed by atoms with E-state index in [2.05, 4.69) is 175 Å². The third kappa shape index (κ3) is 4.84. The van der Waals surface area contributed by atoms with Crippen LogP contribution in [0.25, 0.3) is 86.2 Å². The van der Waals surface area contributed by atoms with Gasteiger partial charge in [-0.2, -0.15) is 0 Å². The molecule has 0 saturated carbocycles. The van der Waals surface area contributed by atoms with Crippen LogP contribution in [0.2, 0.25) is 0 Å². The number of hydrogen-bond donors (Lipinski definition) is 0. The second-order valence-corrected chi connectivity index (χ2v) is 14.5. The third-order valence-corrected chi connectivity index (χ3v) is 11.6. The number of fused-ring (bicyclic) bond motifs is 9. The zero-order chi connectivity index (χ0) is 34.9. The summed E-state index contributed by atoms with van der Waals surface area (Å²) in [6, 6.07) is 64.9. The highest BCUT2D eigenvalue weighted by Crippen LogP contribution is 2.47. The zero-order valence-electron chi connectivity index (χ0n) is 28.5. The second-order valence-electron chi connectivity index (χ2n) is 13.5. The van der Waals surface area contributed by atoms with Gasteiger partial charge in [-0.15, -0.1) is 11.3 Å². The molecule has 11 rings (SSSR count). The summed E-state index contributed by atoms with van der Waals surface area (Å²) in [5.74, 6) is 0. The lowest BCUT2D eigenvalue weighted by Crippen LogP contribution is -2.10. The van der Waals surface area contributed by atoms with E-state index in [0.29, 0.717) is 0 Å². The fourth-order valence-corrected chi connectivity index (χ4v) is 9.07. The summed E-state index contributed by atoms with van der Waals surface area (Å²) < 4.78 is 7.42. The molecular formula is C49H30N2OS. The minimum Gasteiger partial charge on any atom is -0.456 e. The van der Waals surface area contributed by atoms with E-state index in [-0.39, 0.29) is 0 Å². The predicted octanol–water partition coefficient (Wildman–Crippen LogP) is 14.5. The first-order chi connectivity index (χ1) is 26.3. The topological polar surface area (TPSA) is 29.3 Å². The Morgan fingerprint density at radius 3 is 2.00 bits per heavy atom. The van der Waals surface area contributed by atoms with Crippen LogP contribution in [0.1, 0.15) is 0 Å². The van der Waals surface area contributed by atoms with Crippen LogP contribution in [0.3, 0.4) is 0 Å². The van der Waals surface area contributed by atoms with Gasteiger partial charge in [-0.05, 0) is 86.6 Å². The molecule has 0 spiro atoms. The molecule has 0 bridgehead atoms. The highest BCUT2D eigenvalue weighted by molar-refractivity contribution is 7.22. The molecule has 3 nitrogen and oxygen atoms in total. The van der Waals surface area contributed by atoms with Gasteiger partial charge in [0.25, 0.3) is 0 Å². The van der Waals surface area contributed by atoms with E-state index >= 15 is 0 Å². The fraction of sp³-hybridized carbons (Fsp3) is 0. The Morgan fingerprint density at radius 2 is 1.13 bits per heavy atom. The van der Waals surface area contributed by atoms with Crippen LogP contribution in [0.5, 0.6) is 0 Å². The van der Waals surface area contributed by atoms with E-state index in [9.17, 15) is 0 Å². The van der Waals surface area contributed by atoms with Crippen molar-refractivity contribution in [3.05, 3.63) is 182 Å². The van der Waals surface area contributed by atoms with Gasteiger partial charge in [-0.1, -0.05) is 133 Å². The van der Waals surface area contributed by atoms with E-state index < -0.39 is 0 Å². The van der Waals surface area contributed by atoms with Crippen molar-refractivity contribution in [2.45, 2.75) is 0 Å². The van der Waals surface area contributed by atoms with Gasteiger partial charge >= 0.3 is 0 Å². The van der Waals surface area contributed by atoms with Gasteiger partial charge in [0.2, 0.25) is 0 Å². The Hall–Kier alpha value is -6.75. The summed E-state index contributed by atoms with van der Waals surface area (Å²) >= 11 is 1.77. The van der Waals surface area contributed by atoms with Gasteiger partial charge in [0.1, 0.15) is 21.7 Å². The number of anilines is 3. The molecule has 0 aliphatic carbocycles. The van der Waals surface area contributed by atoms with E-state index in [1.54, 1.807) is 11.3 Å². The highest BCUT2D eigenvalue weighted by atomic mass is 32.1. The van der Waals surface area contributed by atoms with Gasteiger partial charge in [0.05, 0.1) is 10.4 Å². The minimum atomic E-state index is 0.898. The summed E-state index contributed by atoms with van der Waals surface area (Å²) in [6.45, 7) is 0. The Balaban J connectivity index is 1.14. The van der Waals surface area contributed by atoms with Gasteiger partial charge in [-0.25, -0.2) is 4.98 Å². The molecular weight excluding hydrogens is 665 g/mol. The quantitative estimate of drug-likeness (QED) is 0.168. The largest absolute Gasteiger partial charge is 0.456 e. The summed E-state index contributed by atoms with van der Waals surface area (Å²) in [4.78, 5) is 7.85.